The van der Waals surface area contributed by atoms with E-state index in [2.05, 4.69) is 16.9 Å². The number of rotatable bonds is 7. The van der Waals surface area contributed by atoms with Crippen LogP contribution in [-0.2, 0) is 4.79 Å². The lowest BCUT2D eigenvalue weighted by Gasteiger charge is -2.00. The summed E-state index contributed by atoms with van der Waals surface area (Å²) in [7, 11) is 0. The fraction of sp³-hybridized carbons (Fsp3) is 0.100. The van der Waals surface area contributed by atoms with Gasteiger partial charge in [0.05, 0.1) is 5.75 Å². The molecule has 1 amide bonds. The minimum absolute atomic E-state index is 0.0781. The number of nitrogens with one attached hydrogen (secondary N) is 1. The molecule has 1 aromatic heterocycles. The van der Waals surface area contributed by atoms with E-state index in [1.165, 1.54) is 11.8 Å². The van der Waals surface area contributed by atoms with Crippen molar-refractivity contribution in [3.8, 4) is 22.6 Å². The Balaban J connectivity index is 1.87. The van der Waals surface area contributed by atoms with Gasteiger partial charge in [0.1, 0.15) is 5.69 Å². The molecule has 1 N–H and O–H groups in total. The molecule has 0 aliphatic rings. The minimum Gasteiger partial charge on any atom is -0.431 e. The molecular weight excluding hydrogens is 332 g/mol. The van der Waals surface area contributed by atoms with Gasteiger partial charge in [0, 0.05) is 17.7 Å². The molecular formula is C20H18N2O2S. The van der Waals surface area contributed by atoms with Crippen molar-refractivity contribution in [2.45, 2.75) is 5.22 Å². The third-order valence-electron chi connectivity index (χ3n) is 3.46. The lowest BCUT2D eigenvalue weighted by Crippen LogP contribution is -2.24. The van der Waals surface area contributed by atoms with Crippen LogP contribution in [0.5, 0.6) is 0 Å². The van der Waals surface area contributed by atoms with Crippen LogP contribution in [0.4, 0.5) is 0 Å². The van der Waals surface area contributed by atoms with Crippen LogP contribution in [0.1, 0.15) is 0 Å². The number of carbonyl (C=O) groups is 1. The lowest BCUT2D eigenvalue weighted by molar-refractivity contribution is -0.118. The highest BCUT2D eigenvalue weighted by Crippen LogP contribution is 2.35. The van der Waals surface area contributed by atoms with E-state index in [1.807, 2.05) is 60.7 Å². The number of carbonyl (C=O) groups excluding carboxylic acids is 1. The highest BCUT2D eigenvalue weighted by atomic mass is 32.2. The van der Waals surface area contributed by atoms with Crippen LogP contribution in [0.25, 0.3) is 22.6 Å². The van der Waals surface area contributed by atoms with Crippen molar-refractivity contribution in [2.75, 3.05) is 12.3 Å². The van der Waals surface area contributed by atoms with Crippen molar-refractivity contribution in [1.82, 2.24) is 10.3 Å². The number of amides is 1. The zero-order valence-electron chi connectivity index (χ0n) is 13.6. The molecule has 5 heteroatoms. The number of benzene rings is 2. The van der Waals surface area contributed by atoms with Gasteiger partial charge in [0.15, 0.2) is 5.76 Å². The normalized spacial score (nSPS) is 10.4. The van der Waals surface area contributed by atoms with Gasteiger partial charge in [-0.2, -0.15) is 0 Å². The molecule has 0 spiro atoms. The van der Waals surface area contributed by atoms with Crippen molar-refractivity contribution < 1.29 is 9.21 Å². The predicted octanol–water partition coefficient (Wildman–Crippen LogP) is 4.40. The van der Waals surface area contributed by atoms with Crippen LogP contribution < -0.4 is 5.32 Å². The van der Waals surface area contributed by atoms with Crippen molar-refractivity contribution in [3.05, 3.63) is 73.3 Å². The third kappa shape index (κ3) is 4.39. The summed E-state index contributed by atoms with van der Waals surface area (Å²) in [5.74, 6) is 0.878. The molecule has 3 aromatic rings. The van der Waals surface area contributed by atoms with Gasteiger partial charge in [-0.1, -0.05) is 78.5 Å². The number of nitrogens with zero attached hydrogens (tertiary/aromatic N) is 1. The maximum absolute atomic E-state index is 11.8. The first kappa shape index (κ1) is 17.0. The number of hydrogen-bond donors (Lipinski definition) is 1. The van der Waals surface area contributed by atoms with Crippen LogP contribution in [-0.4, -0.2) is 23.2 Å². The third-order valence-corrected chi connectivity index (χ3v) is 4.29. The zero-order valence-corrected chi connectivity index (χ0v) is 14.5. The van der Waals surface area contributed by atoms with E-state index in [0.717, 1.165) is 16.8 Å². The van der Waals surface area contributed by atoms with Crippen LogP contribution in [0.2, 0.25) is 0 Å². The van der Waals surface area contributed by atoms with E-state index in [-0.39, 0.29) is 11.7 Å². The molecule has 126 valence electrons. The Bertz CT molecular complexity index is 788. The van der Waals surface area contributed by atoms with Gasteiger partial charge < -0.3 is 9.73 Å². The molecule has 0 saturated carbocycles. The van der Waals surface area contributed by atoms with Crippen LogP contribution >= 0.6 is 11.8 Å². The molecule has 4 nitrogen and oxygen atoms in total. The van der Waals surface area contributed by atoms with Crippen LogP contribution in [0, 0.1) is 0 Å². The molecule has 0 unspecified atom stereocenters. The lowest BCUT2D eigenvalue weighted by atomic mass is 10.1. The topological polar surface area (TPSA) is 55.1 Å². The van der Waals surface area contributed by atoms with Gasteiger partial charge in [-0.3, -0.25) is 4.79 Å². The number of aromatic nitrogens is 1. The van der Waals surface area contributed by atoms with Gasteiger partial charge in [-0.25, -0.2) is 4.98 Å². The smallest absolute Gasteiger partial charge is 0.257 e. The minimum atomic E-state index is -0.0781. The first-order valence-electron chi connectivity index (χ1n) is 7.90. The molecule has 0 fully saturated rings. The highest BCUT2D eigenvalue weighted by molar-refractivity contribution is 7.99. The molecule has 2 aromatic carbocycles. The standard InChI is InChI=1S/C20H18N2O2S/c1-2-13-21-17(23)14-25-20-22-18(15-9-5-3-6-10-15)19(24-20)16-11-7-4-8-12-16/h2-12H,1,13-14H2,(H,21,23). The molecule has 3 rings (SSSR count). The summed E-state index contributed by atoms with van der Waals surface area (Å²) < 4.78 is 5.96. The van der Waals surface area contributed by atoms with Crippen molar-refractivity contribution in [3.63, 3.8) is 0 Å². The molecule has 0 bridgehead atoms. The average Bonchev–Trinajstić information content (AvgIpc) is 3.10. The second-order valence-electron chi connectivity index (χ2n) is 5.27. The largest absolute Gasteiger partial charge is 0.431 e. The predicted molar refractivity (Wildman–Crippen MR) is 101 cm³/mol. The summed E-state index contributed by atoms with van der Waals surface area (Å²) in [5, 5.41) is 3.22. The monoisotopic (exact) mass is 350 g/mol. The van der Waals surface area contributed by atoms with Gasteiger partial charge >= 0.3 is 0 Å². The Morgan fingerprint density at radius 3 is 2.36 bits per heavy atom. The Hall–Kier alpha value is -2.79. The van der Waals surface area contributed by atoms with Gasteiger partial charge in [0.2, 0.25) is 5.91 Å². The molecule has 0 aliphatic heterocycles. The SMILES string of the molecule is C=CCNC(=O)CSc1nc(-c2ccccc2)c(-c2ccccc2)o1. The van der Waals surface area contributed by atoms with Gasteiger partial charge in [-0.15, -0.1) is 6.58 Å². The quantitative estimate of drug-likeness (QED) is 0.507. The average molecular weight is 350 g/mol. The molecule has 25 heavy (non-hydrogen) atoms. The maximum atomic E-state index is 11.8. The van der Waals surface area contributed by atoms with E-state index >= 15 is 0 Å². The van der Waals surface area contributed by atoms with Crippen molar-refractivity contribution in [2.24, 2.45) is 0 Å². The summed E-state index contributed by atoms with van der Waals surface area (Å²) in [6.45, 7) is 4.03. The Kier molecular flexibility index (Phi) is 5.69. The zero-order chi connectivity index (χ0) is 17.5. The van der Waals surface area contributed by atoms with E-state index in [4.69, 9.17) is 4.42 Å². The fourth-order valence-electron chi connectivity index (χ4n) is 2.30. The van der Waals surface area contributed by atoms with Crippen molar-refractivity contribution in [1.29, 1.82) is 0 Å². The Morgan fingerprint density at radius 1 is 1.08 bits per heavy atom. The van der Waals surface area contributed by atoms with Gasteiger partial charge in [-0.05, 0) is 0 Å². The maximum Gasteiger partial charge on any atom is 0.257 e. The Morgan fingerprint density at radius 2 is 1.72 bits per heavy atom. The van der Waals surface area contributed by atoms with E-state index in [1.54, 1.807) is 6.08 Å². The molecule has 0 radical (unpaired) electrons. The van der Waals surface area contributed by atoms with Gasteiger partial charge in [0.25, 0.3) is 5.22 Å². The second-order valence-corrected chi connectivity index (χ2v) is 6.20. The van der Waals surface area contributed by atoms with Crippen LogP contribution in [0.3, 0.4) is 0 Å². The van der Waals surface area contributed by atoms with E-state index < -0.39 is 0 Å². The van der Waals surface area contributed by atoms with E-state index in [0.29, 0.717) is 17.5 Å². The van der Waals surface area contributed by atoms with Crippen molar-refractivity contribution >= 4 is 17.7 Å². The Labute approximate surface area is 151 Å². The van der Waals surface area contributed by atoms with Crippen LogP contribution in [0.15, 0.2) is 83.0 Å². The first-order chi connectivity index (χ1) is 12.3. The number of thioether (sulfide) groups is 1. The number of oxazole rings is 1. The number of hydrogen-bond acceptors (Lipinski definition) is 4. The molecule has 0 saturated heterocycles. The fourth-order valence-corrected chi connectivity index (χ4v) is 2.96. The molecule has 0 aliphatic carbocycles. The highest BCUT2D eigenvalue weighted by Gasteiger charge is 2.17. The summed E-state index contributed by atoms with van der Waals surface area (Å²) in [6, 6.07) is 19.7. The first-order valence-corrected chi connectivity index (χ1v) is 8.88. The molecule has 0 atom stereocenters. The van der Waals surface area contributed by atoms with E-state index in [9.17, 15) is 4.79 Å². The summed E-state index contributed by atoms with van der Waals surface area (Å²) in [6.07, 6.45) is 1.65. The summed E-state index contributed by atoms with van der Waals surface area (Å²) >= 11 is 1.28. The molecule has 1 heterocycles. The summed E-state index contributed by atoms with van der Waals surface area (Å²) in [5.41, 5.74) is 2.71. The summed E-state index contributed by atoms with van der Waals surface area (Å²) in [4.78, 5) is 16.4. The second kappa shape index (κ2) is 8.35.